The third-order valence-corrected chi connectivity index (χ3v) is 5.55. The van der Waals surface area contributed by atoms with Crippen LogP contribution in [0.5, 0.6) is 0 Å². The number of nitrogens with zero attached hydrogens (tertiary/aromatic N) is 2. The van der Waals surface area contributed by atoms with Crippen LogP contribution in [0.15, 0.2) is 20.4 Å². The van der Waals surface area contributed by atoms with Gasteiger partial charge < -0.3 is 5.32 Å². The predicted octanol–water partition coefficient (Wildman–Crippen LogP) is 5.75. The van der Waals surface area contributed by atoms with E-state index in [0.717, 1.165) is 50.5 Å². The van der Waals surface area contributed by atoms with Gasteiger partial charge in [0.2, 0.25) is 0 Å². The Balaban J connectivity index is 2.47. The van der Waals surface area contributed by atoms with Gasteiger partial charge in [0, 0.05) is 11.0 Å². The Morgan fingerprint density at radius 3 is 2.62 bits per heavy atom. The molecule has 0 amide bonds. The Labute approximate surface area is 146 Å². The highest BCUT2D eigenvalue weighted by Gasteiger charge is 2.16. The molecule has 0 unspecified atom stereocenters. The number of hydrogen-bond acceptors (Lipinski definition) is 4. The number of nitrogens with one attached hydrogen (secondary N) is 1. The van der Waals surface area contributed by atoms with Crippen molar-refractivity contribution >= 4 is 49.0 Å². The minimum Gasteiger partial charge on any atom is -0.369 e. The standard InChI is InChI=1S/C15H19Br2N3S/c1-4-6-18-14-12(17)11(8-9(2)3)19-15(20-14)13-10(16)5-7-21-13/h5,7,9H,4,6,8H2,1-3H3,(H,18,19,20). The zero-order valence-corrected chi connectivity index (χ0v) is 16.4. The number of anilines is 1. The van der Waals surface area contributed by atoms with Gasteiger partial charge in [0.15, 0.2) is 5.82 Å². The first-order valence-electron chi connectivity index (χ1n) is 7.06. The van der Waals surface area contributed by atoms with Crippen LogP contribution in [-0.4, -0.2) is 16.5 Å². The van der Waals surface area contributed by atoms with Crippen molar-refractivity contribution in [1.29, 1.82) is 0 Å². The minimum atomic E-state index is 0.551. The van der Waals surface area contributed by atoms with E-state index in [4.69, 9.17) is 9.97 Å². The molecule has 21 heavy (non-hydrogen) atoms. The van der Waals surface area contributed by atoms with Crippen molar-refractivity contribution in [3.8, 4) is 10.7 Å². The second-order valence-electron chi connectivity index (χ2n) is 5.28. The summed E-state index contributed by atoms with van der Waals surface area (Å²) in [5.41, 5.74) is 1.06. The van der Waals surface area contributed by atoms with Crippen molar-refractivity contribution in [2.24, 2.45) is 5.92 Å². The van der Waals surface area contributed by atoms with Crippen LogP contribution in [0.4, 0.5) is 5.82 Å². The normalized spacial score (nSPS) is 11.1. The lowest BCUT2D eigenvalue weighted by Crippen LogP contribution is -2.08. The summed E-state index contributed by atoms with van der Waals surface area (Å²) >= 11 is 8.89. The van der Waals surface area contributed by atoms with Crippen molar-refractivity contribution in [3.63, 3.8) is 0 Å². The fourth-order valence-electron chi connectivity index (χ4n) is 1.93. The maximum absolute atomic E-state index is 4.77. The van der Waals surface area contributed by atoms with Gasteiger partial charge in [-0.05, 0) is 62.1 Å². The molecular weight excluding hydrogens is 414 g/mol. The summed E-state index contributed by atoms with van der Waals surface area (Å²) in [6.07, 6.45) is 1.99. The molecule has 2 aromatic rings. The summed E-state index contributed by atoms with van der Waals surface area (Å²) in [6, 6.07) is 2.03. The summed E-state index contributed by atoms with van der Waals surface area (Å²) in [7, 11) is 0. The number of hydrogen-bond donors (Lipinski definition) is 1. The van der Waals surface area contributed by atoms with E-state index >= 15 is 0 Å². The summed E-state index contributed by atoms with van der Waals surface area (Å²) in [5, 5.41) is 5.44. The molecule has 0 radical (unpaired) electrons. The van der Waals surface area contributed by atoms with Gasteiger partial charge in [0.1, 0.15) is 5.82 Å². The van der Waals surface area contributed by atoms with E-state index < -0.39 is 0 Å². The molecule has 0 saturated carbocycles. The van der Waals surface area contributed by atoms with Gasteiger partial charge in [0.05, 0.1) is 15.0 Å². The van der Waals surface area contributed by atoms with Gasteiger partial charge >= 0.3 is 0 Å². The average molecular weight is 433 g/mol. The molecule has 114 valence electrons. The molecule has 6 heteroatoms. The van der Waals surface area contributed by atoms with E-state index in [2.05, 4.69) is 57.9 Å². The van der Waals surface area contributed by atoms with Crippen LogP contribution in [0.2, 0.25) is 0 Å². The fraction of sp³-hybridized carbons (Fsp3) is 0.467. The highest BCUT2D eigenvalue weighted by atomic mass is 79.9. The fourth-order valence-corrected chi connectivity index (χ4v) is 3.89. The van der Waals surface area contributed by atoms with E-state index in [-0.39, 0.29) is 0 Å². The number of rotatable bonds is 6. The SMILES string of the molecule is CCCNc1nc(-c2sccc2Br)nc(CC(C)C)c1Br. The minimum absolute atomic E-state index is 0.551. The first-order valence-corrected chi connectivity index (χ1v) is 9.53. The lowest BCUT2D eigenvalue weighted by Gasteiger charge is -2.13. The summed E-state index contributed by atoms with van der Waals surface area (Å²) in [4.78, 5) is 10.5. The predicted molar refractivity (Wildman–Crippen MR) is 98.1 cm³/mol. The van der Waals surface area contributed by atoms with E-state index in [1.807, 2.05) is 11.4 Å². The van der Waals surface area contributed by atoms with E-state index in [9.17, 15) is 0 Å². The Morgan fingerprint density at radius 2 is 2.05 bits per heavy atom. The first-order chi connectivity index (χ1) is 10.0. The molecule has 0 spiro atoms. The quantitative estimate of drug-likeness (QED) is 0.631. The third-order valence-electron chi connectivity index (χ3n) is 2.88. The van der Waals surface area contributed by atoms with Crippen molar-refractivity contribution in [2.45, 2.75) is 33.6 Å². The topological polar surface area (TPSA) is 37.8 Å². The molecule has 0 aliphatic heterocycles. The Morgan fingerprint density at radius 1 is 1.29 bits per heavy atom. The highest BCUT2D eigenvalue weighted by molar-refractivity contribution is 9.11. The smallest absolute Gasteiger partial charge is 0.173 e. The lowest BCUT2D eigenvalue weighted by molar-refractivity contribution is 0.632. The van der Waals surface area contributed by atoms with E-state index in [1.165, 1.54) is 0 Å². The van der Waals surface area contributed by atoms with E-state index in [0.29, 0.717) is 5.92 Å². The second-order valence-corrected chi connectivity index (χ2v) is 7.84. The average Bonchev–Trinajstić information content (AvgIpc) is 2.85. The van der Waals surface area contributed by atoms with Gasteiger partial charge in [0.25, 0.3) is 0 Å². The molecule has 0 aliphatic rings. The van der Waals surface area contributed by atoms with Gasteiger partial charge in [-0.1, -0.05) is 20.8 Å². The summed E-state index contributed by atoms with van der Waals surface area (Å²) in [6.45, 7) is 7.46. The van der Waals surface area contributed by atoms with Crippen LogP contribution in [0.1, 0.15) is 32.9 Å². The number of aromatic nitrogens is 2. The second kappa shape index (κ2) is 7.70. The van der Waals surface area contributed by atoms with Crippen molar-refractivity contribution in [1.82, 2.24) is 9.97 Å². The molecule has 0 saturated heterocycles. The molecule has 0 aliphatic carbocycles. The van der Waals surface area contributed by atoms with Crippen LogP contribution in [0.3, 0.4) is 0 Å². The van der Waals surface area contributed by atoms with Crippen molar-refractivity contribution in [3.05, 3.63) is 26.1 Å². The maximum atomic E-state index is 4.77. The Hall–Kier alpha value is -0.460. The van der Waals surface area contributed by atoms with Crippen LogP contribution in [0.25, 0.3) is 10.7 Å². The maximum Gasteiger partial charge on any atom is 0.173 e. The van der Waals surface area contributed by atoms with E-state index in [1.54, 1.807) is 11.3 Å². The third kappa shape index (κ3) is 4.27. The van der Waals surface area contributed by atoms with Gasteiger partial charge in [-0.25, -0.2) is 9.97 Å². The zero-order chi connectivity index (χ0) is 15.4. The molecule has 2 rings (SSSR count). The summed E-state index contributed by atoms with van der Waals surface area (Å²) < 4.78 is 2.04. The Kier molecular flexibility index (Phi) is 6.20. The Bertz CT molecular complexity index is 611. The van der Waals surface area contributed by atoms with Crippen LogP contribution in [0, 0.1) is 5.92 Å². The molecule has 0 atom stereocenters. The van der Waals surface area contributed by atoms with Crippen LogP contribution >= 0.6 is 43.2 Å². The molecule has 3 nitrogen and oxygen atoms in total. The molecule has 2 aromatic heterocycles. The monoisotopic (exact) mass is 431 g/mol. The van der Waals surface area contributed by atoms with Crippen molar-refractivity contribution in [2.75, 3.05) is 11.9 Å². The molecule has 2 heterocycles. The van der Waals surface area contributed by atoms with Crippen LogP contribution < -0.4 is 5.32 Å². The molecule has 1 N–H and O–H groups in total. The van der Waals surface area contributed by atoms with Gasteiger partial charge in [-0.3, -0.25) is 0 Å². The molecule has 0 aromatic carbocycles. The highest BCUT2D eigenvalue weighted by Crippen LogP contribution is 2.34. The molecule has 0 fully saturated rings. The molecular formula is C15H19Br2N3S. The zero-order valence-electron chi connectivity index (χ0n) is 12.4. The van der Waals surface area contributed by atoms with Gasteiger partial charge in [-0.15, -0.1) is 11.3 Å². The summed E-state index contributed by atoms with van der Waals surface area (Å²) in [5.74, 6) is 2.22. The number of halogens is 2. The number of thiophene rings is 1. The lowest BCUT2D eigenvalue weighted by atomic mass is 10.1. The first kappa shape index (κ1) is 16.9. The largest absolute Gasteiger partial charge is 0.369 e. The van der Waals surface area contributed by atoms with Crippen molar-refractivity contribution < 1.29 is 0 Å². The molecule has 0 bridgehead atoms. The van der Waals surface area contributed by atoms with Crippen LogP contribution in [-0.2, 0) is 6.42 Å². The van der Waals surface area contributed by atoms with Gasteiger partial charge in [-0.2, -0.15) is 0 Å².